The molecule has 10 nitrogen and oxygen atoms in total. The first-order chi connectivity index (χ1) is 26.0. The van der Waals surface area contributed by atoms with Crippen molar-refractivity contribution >= 4 is 58.2 Å². The molecule has 4 amide bonds. The third-order valence-corrected chi connectivity index (χ3v) is 12.3. The third kappa shape index (κ3) is 5.29. The highest BCUT2D eigenvalue weighted by Crippen LogP contribution is 2.64. The summed E-state index contributed by atoms with van der Waals surface area (Å²) in [6.45, 7) is 2.03. The first-order valence-electron chi connectivity index (χ1n) is 17.8. The summed E-state index contributed by atoms with van der Waals surface area (Å²) in [4.78, 5) is 60.3. The predicted octanol–water partition coefficient (Wildman–Crippen LogP) is 7.47. The highest BCUT2D eigenvalue weighted by atomic mass is 35.5. The normalized spacial score (nSPS) is 25.9. The number of allylic oxidation sites excluding steroid dienone is 2. The van der Waals surface area contributed by atoms with Crippen molar-refractivity contribution < 1.29 is 33.8 Å². The van der Waals surface area contributed by atoms with Gasteiger partial charge in [0.25, 0.3) is 11.8 Å². The summed E-state index contributed by atoms with van der Waals surface area (Å²) in [6, 6.07) is 24.1. The van der Waals surface area contributed by atoms with Crippen molar-refractivity contribution in [3.8, 4) is 17.2 Å². The second kappa shape index (κ2) is 13.5. The number of carbonyl (C=O) groups is 4. The van der Waals surface area contributed by atoms with E-state index in [1.165, 1.54) is 18.1 Å². The molecule has 0 bridgehead atoms. The third-order valence-electron chi connectivity index (χ3n) is 11.7. The maximum atomic E-state index is 15.4. The predicted molar refractivity (Wildman–Crippen MR) is 204 cm³/mol. The lowest BCUT2D eigenvalue weighted by Gasteiger charge is -2.50. The Kier molecular flexibility index (Phi) is 8.93. The van der Waals surface area contributed by atoms with Gasteiger partial charge in [0.05, 0.1) is 53.8 Å². The fraction of sp³-hybridized carbons (Fsp3) is 0.286. The number of anilines is 2. The molecule has 6 atom stereocenters. The molecule has 4 aromatic rings. The number of halogens is 2. The number of methoxy groups -OCH3 is 2. The molecular formula is C42H37Cl2N3O7. The molecule has 4 aromatic carbocycles. The number of amides is 4. The summed E-state index contributed by atoms with van der Waals surface area (Å²) in [7, 11) is 2.99. The van der Waals surface area contributed by atoms with Crippen LogP contribution in [-0.4, -0.2) is 48.0 Å². The summed E-state index contributed by atoms with van der Waals surface area (Å²) >= 11 is 12.7. The van der Waals surface area contributed by atoms with Crippen molar-refractivity contribution in [3.05, 3.63) is 123 Å². The maximum Gasteiger partial charge on any atom is 0.260 e. The molecule has 2 heterocycles. The standard InChI is InChI=1S/C42H37Cl2N3O7/c1-4-22-5-11-26(12-6-22)46-38(49)29-16-15-28-30(36(29)40(46)51)21-31-39(50)47(45-33-17-10-25(43)20-32(33)44)41(52)42(31,24-8-13-27(53-2)14-9-24)37(28)23-7-18-35(54-3)34(48)19-23/h5-15,17-20,29-31,36-37,45,48H,4,16,21H2,1-3H3/t29-,30+,31-,36-,37-,42+/m0/s1. The van der Waals surface area contributed by atoms with Gasteiger partial charge in [-0.2, -0.15) is 5.01 Å². The molecule has 276 valence electrons. The summed E-state index contributed by atoms with van der Waals surface area (Å²) in [6.07, 6.45) is 3.15. The minimum absolute atomic E-state index is 0.108. The second-order valence-corrected chi connectivity index (χ2v) is 15.0. The van der Waals surface area contributed by atoms with E-state index in [2.05, 4.69) is 5.43 Å². The molecule has 0 aromatic heterocycles. The summed E-state index contributed by atoms with van der Waals surface area (Å²) in [5.41, 5.74) is 5.15. The molecular weight excluding hydrogens is 729 g/mol. The van der Waals surface area contributed by atoms with Gasteiger partial charge >= 0.3 is 0 Å². The van der Waals surface area contributed by atoms with Gasteiger partial charge in [-0.05, 0) is 96.5 Å². The Morgan fingerprint density at radius 3 is 2.24 bits per heavy atom. The van der Waals surface area contributed by atoms with Crippen LogP contribution in [0.25, 0.3) is 0 Å². The minimum atomic E-state index is -1.56. The Bertz CT molecular complexity index is 2240. The fourth-order valence-electron chi connectivity index (χ4n) is 9.24. The molecule has 3 fully saturated rings. The number of hydrazine groups is 1. The van der Waals surface area contributed by atoms with Gasteiger partial charge in [-0.1, -0.05) is 72.1 Å². The molecule has 0 unspecified atom stereocenters. The maximum absolute atomic E-state index is 15.4. The van der Waals surface area contributed by atoms with Crippen molar-refractivity contribution in [1.29, 1.82) is 0 Å². The molecule has 4 aliphatic rings. The number of aryl methyl sites for hydroxylation is 1. The summed E-state index contributed by atoms with van der Waals surface area (Å²) < 4.78 is 10.9. The average molecular weight is 767 g/mol. The number of rotatable bonds is 8. The smallest absolute Gasteiger partial charge is 0.260 e. The Morgan fingerprint density at radius 1 is 0.852 bits per heavy atom. The molecule has 1 saturated carbocycles. The molecule has 2 saturated heterocycles. The van der Waals surface area contributed by atoms with Crippen LogP contribution in [0, 0.1) is 23.7 Å². The van der Waals surface area contributed by atoms with E-state index in [-0.39, 0.29) is 41.2 Å². The average Bonchev–Trinajstić information content (AvgIpc) is 3.56. The second-order valence-electron chi connectivity index (χ2n) is 14.2. The number of hydrogen-bond donors (Lipinski definition) is 2. The van der Waals surface area contributed by atoms with Crippen molar-refractivity contribution in [2.24, 2.45) is 23.7 Å². The lowest BCUT2D eigenvalue weighted by atomic mass is 9.49. The lowest BCUT2D eigenvalue weighted by Crippen LogP contribution is -2.53. The van der Waals surface area contributed by atoms with Crippen molar-refractivity contribution in [2.45, 2.75) is 37.5 Å². The van der Waals surface area contributed by atoms with E-state index in [1.54, 1.807) is 73.8 Å². The lowest BCUT2D eigenvalue weighted by molar-refractivity contribution is -0.138. The number of nitrogens with one attached hydrogen (secondary N) is 1. The van der Waals surface area contributed by atoms with Crippen LogP contribution in [0.1, 0.15) is 42.4 Å². The molecule has 12 heteroatoms. The van der Waals surface area contributed by atoms with Crippen LogP contribution in [0.5, 0.6) is 17.2 Å². The van der Waals surface area contributed by atoms with Crippen LogP contribution in [0.15, 0.2) is 96.6 Å². The van der Waals surface area contributed by atoms with Crippen molar-refractivity contribution in [3.63, 3.8) is 0 Å². The van der Waals surface area contributed by atoms with Crippen LogP contribution in [0.3, 0.4) is 0 Å². The molecule has 8 rings (SSSR count). The zero-order chi connectivity index (χ0) is 38.1. The monoisotopic (exact) mass is 765 g/mol. The number of carbonyl (C=O) groups excluding carboxylic acids is 4. The Labute approximate surface area is 322 Å². The van der Waals surface area contributed by atoms with Gasteiger partial charge in [0.15, 0.2) is 11.5 Å². The fourth-order valence-corrected chi connectivity index (χ4v) is 9.69. The molecule has 0 spiro atoms. The molecule has 2 N–H and O–H groups in total. The van der Waals surface area contributed by atoms with Crippen molar-refractivity contribution in [1.82, 2.24) is 5.01 Å². The first-order valence-corrected chi connectivity index (χ1v) is 18.6. The van der Waals surface area contributed by atoms with Gasteiger partial charge in [0.1, 0.15) is 5.75 Å². The highest BCUT2D eigenvalue weighted by Gasteiger charge is 2.70. The van der Waals surface area contributed by atoms with Gasteiger partial charge in [0.2, 0.25) is 11.8 Å². The quantitative estimate of drug-likeness (QED) is 0.140. The van der Waals surface area contributed by atoms with Crippen LogP contribution in [0.4, 0.5) is 11.4 Å². The molecule has 0 radical (unpaired) electrons. The van der Waals surface area contributed by atoms with Gasteiger partial charge in [-0.15, -0.1) is 0 Å². The number of imide groups is 2. The number of phenolic OH excluding ortho intramolecular Hbond substituents is 1. The van der Waals surface area contributed by atoms with Gasteiger partial charge in [-0.3, -0.25) is 29.5 Å². The number of benzene rings is 4. The van der Waals surface area contributed by atoms with E-state index >= 15 is 4.79 Å². The number of aromatic hydroxyl groups is 1. The van der Waals surface area contributed by atoms with Gasteiger partial charge < -0.3 is 14.6 Å². The zero-order valence-corrected chi connectivity index (χ0v) is 31.2. The van der Waals surface area contributed by atoms with E-state index in [1.807, 2.05) is 25.1 Å². The number of ether oxygens (including phenoxy) is 2. The van der Waals surface area contributed by atoms with Gasteiger partial charge in [-0.25, -0.2) is 0 Å². The topological polar surface area (TPSA) is 125 Å². The van der Waals surface area contributed by atoms with E-state index in [4.69, 9.17) is 32.7 Å². The Morgan fingerprint density at radius 2 is 1.59 bits per heavy atom. The van der Waals surface area contributed by atoms with Crippen LogP contribution >= 0.6 is 23.2 Å². The Hall–Kier alpha value is -5.32. The van der Waals surface area contributed by atoms with Crippen molar-refractivity contribution in [2.75, 3.05) is 24.5 Å². The molecule has 54 heavy (non-hydrogen) atoms. The molecule has 2 aliphatic heterocycles. The first kappa shape index (κ1) is 35.7. The summed E-state index contributed by atoms with van der Waals surface area (Å²) in [5, 5.41) is 12.8. The zero-order valence-electron chi connectivity index (χ0n) is 29.7. The van der Waals surface area contributed by atoms with Crippen LogP contribution in [-0.2, 0) is 31.0 Å². The number of nitrogens with zero attached hydrogens (tertiary/aromatic N) is 2. The van der Waals surface area contributed by atoms with Crippen LogP contribution in [0.2, 0.25) is 10.0 Å². The number of hydrogen-bond acceptors (Lipinski definition) is 8. The van der Waals surface area contributed by atoms with E-state index in [0.29, 0.717) is 33.3 Å². The SMILES string of the molecule is CCc1ccc(N2C(=O)[C@H]3[C@H](CC=C4[C@H]3C[C@H]3C(=O)N(Nc5ccc(Cl)cc5Cl)C(=O)[C@@]3(c3ccc(OC)cc3)[C@H]4c3ccc(OC)c(O)c3)C2=O)cc1. The number of phenols is 1. The highest BCUT2D eigenvalue weighted by molar-refractivity contribution is 6.36. The minimum Gasteiger partial charge on any atom is -0.504 e. The van der Waals surface area contributed by atoms with E-state index in [0.717, 1.165) is 22.6 Å². The molecule has 2 aliphatic carbocycles. The van der Waals surface area contributed by atoms with E-state index in [9.17, 15) is 19.5 Å². The van der Waals surface area contributed by atoms with Gasteiger partial charge in [0, 0.05) is 10.9 Å². The summed E-state index contributed by atoms with van der Waals surface area (Å²) in [5.74, 6) is -4.91. The largest absolute Gasteiger partial charge is 0.504 e. The van der Waals surface area contributed by atoms with E-state index < -0.39 is 46.8 Å². The Balaban J connectivity index is 1.32. The van der Waals surface area contributed by atoms with Crippen LogP contribution < -0.4 is 19.8 Å². The number of fused-ring (bicyclic) bond motifs is 4.